The van der Waals surface area contributed by atoms with Gasteiger partial charge in [0.15, 0.2) is 0 Å². The van der Waals surface area contributed by atoms with Crippen LogP contribution in [0, 0.1) is 0 Å². The third-order valence-corrected chi connectivity index (χ3v) is 3.09. The number of fused-ring (bicyclic) bond motifs is 1. The number of aromatic nitrogens is 1. The van der Waals surface area contributed by atoms with Crippen molar-refractivity contribution in [1.29, 1.82) is 0 Å². The second-order valence-electron chi connectivity index (χ2n) is 4.53. The lowest BCUT2D eigenvalue weighted by atomic mass is 10.1. The van der Waals surface area contributed by atoms with Crippen LogP contribution in [0.3, 0.4) is 0 Å². The molecule has 0 radical (unpaired) electrons. The highest BCUT2D eigenvalue weighted by molar-refractivity contribution is 5.90. The van der Waals surface area contributed by atoms with E-state index in [1.807, 2.05) is 24.3 Å². The summed E-state index contributed by atoms with van der Waals surface area (Å²) in [5.74, 6) is -1.27. The van der Waals surface area contributed by atoms with Gasteiger partial charge in [-0.1, -0.05) is 18.2 Å². The van der Waals surface area contributed by atoms with Crippen LogP contribution in [0.4, 0.5) is 0 Å². The summed E-state index contributed by atoms with van der Waals surface area (Å²) >= 11 is 0. The van der Waals surface area contributed by atoms with Crippen molar-refractivity contribution in [3.63, 3.8) is 0 Å². The van der Waals surface area contributed by atoms with Crippen molar-refractivity contribution in [2.45, 2.75) is 6.42 Å². The Bertz CT molecular complexity index is 621. The number of nitrogens with zero attached hydrogens (tertiary/aromatic N) is 1. The Labute approximate surface area is 116 Å². The Hall–Kier alpha value is -2.34. The van der Waals surface area contributed by atoms with E-state index in [-0.39, 0.29) is 32.0 Å². The van der Waals surface area contributed by atoms with Gasteiger partial charge in [-0.15, -0.1) is 0 Å². The van der Waals surface area contributed by atoms with Gasteiger partial charge in [-0.2, -0.15) is 0 Å². The van der Waals surface area contributed by atoms with Crippen LogP contribution in [0.1, 0.15) is 5.56 Å². The average Bonchev–Trinajstić information content (AvgIpc) is 2.81. The number of carbonyl (C=O) groups is 2. The zero-order valence-corrected chi connectivity index (χ0v) is 11.0. The molecule has 4 N–H and O–H groups in total. The van der Waals surface area contributed by atoms with Crippen LogP contribution in [0.15, 0.2) is 30.5 Å². The first-order valence-corrected chi connectivity index (χ1v) is 6.36. The number of hydrogen-bond acceptors (Lipinski definition) is 3. The van der Waals surface area contributed by atoms with Crippen LogP contribution in [-0.4, -0.2) is 46.5 Å². The summed E-state index contributed by atoms with van der Waals surface area (Å²) in [5.41, 5.74) is 7.23. The molecule has 1 aromatic carbocycles. The maximum atomic E-state index is 12.2. The Morgan fingerprint density at radius 3 is 2.75 bits per heavy atom. The van der Waals surface area contributed by atoms with Crippen molar-refractivity contribution in [2.24, 2.45) is 5.73 Å². The maximum Gasteiger partial charge on any atom is 0.323 e. The van der Waals surface area contributed by atoms with E-state index >= 15 is 0 Å². The number of carboxylic acid groups (broad SMARTS) is 1. The molecule has 1 aromatic heterocycles. The van der Waals surface area contributed by atoms with Gasteiger partial charge in [-0.25, -0.2) is 0 Å². The molecule has 0 aliphatic rings. The van der Waals surface area contributed by atoms with Crippen LogP contribution in [0.2, 0.25) is 0 Å². The number of H-pyrrole nitrogens is 1. The number of nitrogens with one attached hydrogen (secondary N) is 1. The number of benzene rings is 1. The molecule has 1 amide bonds. The molecule has 20 heavy (non-hydrogen) atoms. The number of aromatic amines is 1. The van der Waals surface area contributed by atoms with E-state index in [9.17, 15) is 9.59 Å². The van der Waals surface area contributed by atoms with Gasteiger partial charge in [-0.3, -0.25) is 9.59 Å². The monoisotopic (exact) mass is 275 g/mol. The third-order valence-electron chi connectivity index (χ3n) is 3.09. The van der Waals surface area contributed by atoms with Crippen LogP contribution < -0.4 is 5.73 Å². The minimum Gasteiger partial charge on any atom is -0.480 e. The van der Waals surface area contributed by atoms with E-state index in [1.54, 1.807) is 6.20 Å². The van der Waals surface area contributed by atoms with Gasteiger partial charge >= 0.3 is 5.97 Å². The maximum absolute atomic E-state index is 12.2. The predicted molar refractivity (Wildman–Crippen MR) is 75.3 cm³/mol. The van der Waals surface area contributed by atoms with Gasteiger partial charge in [0.1, 0.15) is 6.54 Å². The molecular weight excluding hydrogens is 258 g/mol. The Kier molecular flexibility index (Phi) is 4.37. The summed E-state index contributed by atoms with van der Waals surface area (Å²) in [4.78, 5) is 27.3. The highest BCUT2D eigenvalue weighted by atomic mass is 16.4. The SMILES string of the molecule is NCCN(CC(=O)O)C(=O)Cc1c[nH]c2ccccc12. The Morgan fingerprint density at radius 2 is 2.05 bits per heavy atom. The highest BCUT2D eigenvalue weighted by Gasteiger charge is 2.17. The fraction of sp³-hybridized carbons (Fsp3) is 0.286. The Morgan fingerprint density at radius 1 is 1.30 bits per heavy atom. The van der Waals surface area contributed by atoms with Crippen molar-refractivity contribution in [3.8, 4) is 0 Å². The lowest BCUT2D eigenvalue weighted by Crippen LogP contribution is -2.39. The molecule has 0 fully saturated rings. The molecule has 0 saturated heterocycles. The zero-order chi connectivity index (χ0) is 14.5. The van der Waals surface area contributed by atoms with Crippen molar-refractivity contribution < 1.29 is 14.7 Å². The topological polar surface area (TPSA) is 99.4 Å². The second kappa shape index (κ2) is 6.21. The van der Waals surface area contributed by atoms with Gasteiger partial charge in [0.05, 0.1) is 6.42 Å². The molecule has 6 heteroatoms. The summed E-state index contributed by atoms with van der Waals surface area (Å²) in [6.45, 7) is 0.165. The van der Waals surface area contributed by atoms with Crippen LogP contribution in [0.25, 0.3) is 10.9 Å². The fourth-order valence-corrected chi connectivity index (χ4v) is 2.16. The molecule has 2 aromatic rings. The average molecular weight is 275 g/mol. The quantitative estimate of drug-likeness (QED) is 0.718. The summed E-state index contributed by atoms with van der Waals surface area (Å²) in [6.07, 6.45) is 1.95. The third kappa shape index (κ3) is 3.16. The summed E-state index contributed by atoms with van der Waals surface area (Å²) in [6, 6.07) is 7.67. The number of carbonyl (C=O) groups excluding carboxylic acids is 1. The first kappa shape index (κ1) is 14.1. The molecule has 0 aliphatic carbocycles. The van der Waals surface area contributed by atoms with Crippen molar-refractivity contribution >= 4 is 22.8 Å². The van der Waals surface area contributed by atoms with Crippen molar-refractivity contribution in [1.82, 2.24) is 9.88 Å². The smallest absolute Gasteiger partial charge is 0.323 e. The molecule has 106 valence electrons. The standard InChI is InChI=1S/C14H17N3O3/c15-5-6-17(9-14(19)20)13(18)7-10-8-16-12-4-2-1-3-11(10)12/h1-4,8,16H,5-7,9,15H2,(H,19,20). The highest BCUT2D eigenvalue weighted by Crippen LogP contribution is 2.18. The number of nitrogens with two attached hydrogens (primary N) is 1. The Balaban J connectivity index is 2.14. The molecule has 1 heterocycles. The minimum absolute atomic E-state index is 0.164. The van der Waals surface area contributed by atoms with E-state index in [2.05, 4.69) is 4.98 Å². The van der Waals surface area contributed by atoms with Crippen LogP contribution >= 0.6 is 0 Å². The molecular formula is C14H17N3O3. The predicted octanol–water partition coefficient (Wildman–Crippen LogP) is 0.582. The van der Waals surface area contributed by atoms with Crippen LogP contribution in [-0.2, 0) is 16.0 Å². The molecule has 0 bridgehead atoms. The molecule has 0 spiro atoms. The molecule has 0 unspecified atom stereocenters. The van der Waals surface area contributed by atoms with Gasteiger partial charge < -0.3 is 20.7 Å². The number of hydrogen-bond donors (Lipinski definition) is 3. The molecule has 6 nitrogen and oxygen atoms in total. The van der Waals surface area contributed by atoms with E-state index in [1.165, 1.54) is 4.90 Å². The lowest BCUT2D eigenvalue weighted by Gasteiger charge is -2.19. The first-order valence-electron chi connectivity index (χ1n) is 6.36. The summed E-state index contributed by atoms with van der Waals surface area (Å²) in [7, 11) is 0. The number of para-hydroxylation sites is 1. The molecule has 2 rings (SSSR count). The molecule has 0 atom stereocenters. The zero-order valence-electron chi connectivity index (χ0n) is 11.0. The van der Waals surface area contributed by atoms with Gasteiger partial charge in [0, 0.05) is 30.2 Å². The molecule has 0 aliphatic heterocycles. The lowest BCUT2D eigenvalue weighted by molar-refractivity contribution is -0.144. The number of aliphatic carboxylic acids is 1. The summed E-state index contributed by atoms with van der Waals surface area (Å²) < 4.78 is 0. The number of rotatable bonds is 6. The van der Waals surface area contributed by atoms with E-state index in [0.29, 0.717) is 0 Å². The van der Waals surface area contributed by atoms with Crippen molar-refractivity contribution in [3.05, 3.63) is 36.0 Å². The van der Waals surface area contributed by atoms with E-state index < -0.39 is 5.97 Å². The van der Waals surface area contributed by atoms with Gasteiger partial charge in [-0.05, 0) is 11.6 Å². The van der Waals surface area contributed by atoms with Crippen molar-refractivity contribution in [2.75, 3.05) is 19.6 Å². The van der Waals surface area contributed by atoms with Gasteiger partial charge in [0.25, 0.3) is 0 Å². The normalized spacial score (nSPS) is 10.7. The number of amides is 1. The first-order chi connectivity index (χ1) is 9.61. The molecule has 0 saturated carbocycles. The second-order valence-corrected chi connectivity index (χ2v) is 4.53. The van der Waals surface area contributed by atoms with E-state index in [4.69, 9.17) is 10.8 Å². The fourth-order valence-electron chi connectivity index (χ4n) is 2.16. The van der Waals surface area contributed by atoms with Crippen LogP contribution in [0.5, 0.6) is 0 Å². The minimum atomic E-state index is -1.04. The number of carboxylic acids is 1. The van der Waals surface area contributed by atoms with E-state index in [0.717, 1.165) is 16.5 Å². The summed E-state index contributed by atoms with van der Waals surface area (Å²) in [5, 5.41) is 9.79. The van der Waals surface area contributed by atoms with Gasteiger partial charge in [0.2, 0.25) is 5.91 Å². The largest absolute Gasteiger partial charge is 0.480 e.